The average molecular weight is 416 g/mol. The van der Waals surface area contributed by atoms with Crippen LogP contribution in [0.2, 0.25) is 0 Å². The maximum absolute atomic E-state index is 12.5. The van der Waals surface area contributed by atoms with Crippen LogP contribution in [0.15, 0.2) is 108 Å². The van der Waals surface area contributed by atoms with E-state index in [0.717, 1.165) is 33.0 Å². The molecule has 0 bridgehead atoms. The molecule has 1 aromatic heterocycles. The van der Waals surface area contributed by atoms with Crippen LogP contribution in [-0.4, -0.2) is 22.3 Å². The Morgan fingerprint density at radius 1 is 0.781 bits per heavy atom. The van der Waals surface area contributed by atoms with Gasteiger partial charge < -0.3 is 0 Å². The molecule has 32 heavy (non-hydrogen) atoms. The minimum atomic E-state index is -0.346. The Kier molecular flexibility index (Phi) is 5.29. The van der Waals surface area contributed by atoms with E-state index in [9.17, 15) is 4.79 Å². The SMILES string of the molecule is O=C(N/N=C\c1cccc2ccccc12)c1cc(-c2ccc(-c3ccccc3)cc2)n[nH]1. The second-order valence-corrected chi connectivity index (χ2v) is 7.38. The summed E-state index contributed by atoms with van der Waals surface area (Å²) in [7, 11) is 0. The van der Waals surface area contributed by atoms with Crippen LogP contribution < -0.4 is 5.43 Å². The molecule has 5 heteroatoms. The van der Waals surface area contributed by atoms with Crippen molar-refractivity contribution in [1.82, 2.24) is 15.6 Å². The van der Waals surface area contributed by atoms with Gasteiger partial charge in [-0.1, -0.05) is 97.1 Å². The van der Waals surface area contributed by atoms with Crippen LogP contribution in [0.1, 0.15) is 16.1 Å². The number of aromatic amines is 1. The first-order chi connectivity index (χ1) is 15.8. The van der Waals surface area contributed by atoms with E-state index in [-0.39, 0.29) is 5.91 Å². The molecule has 0 aliphatic carbocycles. The van der Waals surface area contributed by atoms with Crippen molar-refractivity contribution >= 4 is 22.9 Å². The second-order valence-electron chi connectivity index (χ2n) is 7.38. The summed E-state index contributed by atoms with van der Waals surface area (Å²) in [6.07, 6.45) is 1.65. The van der Waals surface area contributed by atoms with Gasteiger partial charge in [0.05, 0.1) is 11.9 Å². The molecule has 0 fully saturated rings. The molecule has 4 aromatic carbocycles. The fourth-order valence-electron chi connectivity index (χ4n) is 3.63. The van der Waals surface area contributed by atoms with Crippen molar-refractivity contribution < 1.29 is 4.79 Å². The van der Waals surface area contributed by atoms with E-state index in [0.29, 0.717) is 11.4 Å². The fourth-order valence-corrected chi connectivity index (χ4v) is 3.63. The summed E-state index contributed by atoms with van der Waals surface area (Å²) in [5.41, 5.74) is 7.77. The topological polar surface area (TPSA) is 70.1 Å². The normalized spacial score (nSPS) is 11.1. The number of carbonyl (C=O) groups excluding carboxylic acids is 1. The van der Waals surface area contributed by atoms with Crippen molar-refractivity contribution in [2.24, 2.45) is 5.10 Å². The molecule has 5 rings (SSSR count). The summed E-state index contributed by atoms with van der Waals surface area (Å²) in [6.45, 7) is 0. The Bertz CT molecular complexity index is 1400. The number of nitrogens with one attached hydrogen (secondary N) is 2. The van der Waals surface area contributed by atoms with Crippen LogP contribution in [0.5, 0.6) is 0 Å². The van der Waals surface area contributed by atoms with Crippen LogP contribution in [0.3, 0.4) is 0 Å². The zero-order chi connectivity index (χ0) is 21.8. The lowest BCUT2D eigenvalue weighted by atomic mass is 10.0. The summed E-state index contributed by atoms with van der Waals surface area (Å²) in [5.74, 6) is -0.346. The predicted octanol–water partition coefficient (Wildman–Crippen LogP) is 5.66. The first-order valence-corrected chi connectivity index (χ1v) is 10.3. The van der Waals surface area contributed by atoms with Gasteiger partial charge in [0.1, 0.15) is 5.69 Å². The lowest BCUT2D eigenvalue weighted by molar-refractivity contribution is 0.0950. The van der Waals surface area contributed by atoms with Gasteiger partial charge in [0.25, 0.3) is 5.91 Å². The number of hydrogen-bond acceptors (Lipinski definition) is 3. The number of carbonyl (C=O) groups is 1. The van der Waals surface area contributed by atoms with Gasteiger partial charge in [0.2, 0.25) is 0 Å². The van der Waals surface area contributed by atoms with Crippen LogP contribution in [0.4, 0.5) is 0 Å². The zero-order valence-corrected chi connectivity index (χ0v) is 17.2. The van der Waals surface area contributed by atoms with Crippen LogP contribution in [-0.2, 0) is 0 Å². The van der Waals surface area contributed by atoms with E-state index < -0.39 is 0 Å². The third kappa shape index (κ3) is 4.04. The van der Waals surface area contributed by atoms with Gasteiger partial charge in [-0.25, -0.2) is 5.43 Å². The summed E-state index contributed by atoms with van der Waals surface area (Å²) >= 11 is 0. The highest BCUT2D eigenvalue weighted by Crippen LogP contribution is 2.24. The Hall–Kier alpha value is -4.51. The van der Waals surface area contributed by atoms with Crippen LogP contribution >= 0.6 is 0 Å². The van der Waals surface area contributed by atoms with Crippen molar-refractivity contribution in [2.45, 2.75) is 0 Å². The molecule has 0 aliphatic rings. The fraction of sp³-hybridized carbons (Fsp3) is 0. The predicted molar refractivity (Wildman–Crippen MR) is 128 cm³/mol. The second kappa shape index (κ2) is 8.70. The number of amides is 1. The van der Waals surface area contributed by atoms with E-state index in [1.165, 1.54) is 0 Å². The van der Waals surface area contributed by atoms with Crippen molar-refractivity contribution in [3.63, 3.8) is 0 Å². The van der Waals surface area contributed by atoms with Crippen molar-refractivity contribution in [3.8, 4) is 22.4 Å². The molecule has 2 N–H and O–H groups in total. The standard InChI is InChI=1S/C27H20N4O/c32-27(31-28-18-23-11-6-10-21-9-4-5-12-24(21)23)26-17-25(29-30-26)22-15-13-20(14-16-22)19-7-2-1-3-8-19/h1-18H,(H,29,30)(H,31,32)/b28-18-. The number of aromatic nitrogens is 2. The maximum atomic E-state index is 12.5. The highest BCUT2D eigenvalue weighted by Gasteiger charge is 2.10. The number of fused-ring (bicyclic) bond motifs is 1. The van der Waals surface area contributed by atoms with E-state index in [1.54, 1.807) is 12.3 Å². The molecule has 1 amide bonds. The Balaban J connectivity index is 1.28. The minimum absolute atomic E-state index is 0.346. The number of hydrazone groups is 1. The van der Waals surface area contributed by atoms with Crippen molar-refractivity contribution in [2.75, 3.05) is 0 Å². The van der Waals surface area contributed by atoms with Gasteiger partial charge in [-0.15, -0.1) is 0 Å². The first kappa shape index (κ1) is 19.5. The monoisotopic (exact) mass is 416 g/mol. The van der Waals surface area contributed by atoms with Gasteiger partial charge in [0.15, 0.2) is 0 Å². The average Bonchev–Trinajstić information content (AvgIpc) is 3.35. The molecule has 0 aliphatic heterocycles. The summed E-state index contributed by atoms with van der Waals surface area (Å²) < 4.78 is 0. The van der Waals surface area contributed by atoms with E-state index in [4.69, 9.17) is 0 Å². The Morgan fingerprint density at radius 2 is 1.47 bits per heavy atom. The molecule has 154 valence electrons. The zero-order valence-electron chi connectivity index (χ0n) is 17.2. The third-order valence-electron chi connectivity index (χ3n) is 5.30. The summed E-state index contributed by atoms with van der Waals surface area (Å²) in [6, 6.07) is 34.0. The first-order valence-electron chi connectivity index (χ1n) is 10.3. The van der Waals surface area contributed by atoms with Crippen molar-refractivity contribution in [3.05, 3.63) is 114 Å². The van der Waals surface area contributed by atoms with Gasteiger partial charge in [-0.2, -0.15) is 10.2 Å². The molecule has 0 saturated carbocycles. The highest BCUT2D eigenvalue weighted by molar-refractivity contribution is 6.00. The number of nitrogens with zero attached hydrogens (tertiary/aromatic N) is 2. The number of H-pyrrole nitrogens is 1. The van der Waals surface area contributed by atoms with Gasteiger partial charge in [-0.05, 0) is 28.0 Å². The third-order valence-corrected chi connectivity index (χ3v) is 5.30. The van der Waals surface area contributed by atoms with Crippen LogP contribution in [0, 0.1) is 0 Å². The highest BCUT2D eigenvalue weighted by atomic mass is 16.2. The van der Waals surface area contributed by atoms with E-state index in [1.807, 2.05) is 84.9 Å². The molecule has 5 nitrogen and oxygen atoms in total. The molecule has 0 unspecified atom stereocenters. The summed E-state index contributed by atoms with van der Waals surface area (Å²) in [4.78, 5) is 12.5. The molecule has 0 atom stereocenters. The smallest absolute Gasteiger partial charge is 0.272 e. The van der Waals surface area contributed by atoms with E-state index in [2.05, 4.69) is 32.9 Å². The van der Waals surface area contributed by atoms with Crippen LogP contribution in [0.25, 0.3) is 33.2 Å². The maximum Gasteiger partial charge on any atom is 0.289 e. The molecule has 5 aromatic rings. The quantitative estimate of drug-likeness (QED) is 0.287. The number of hydrogen-bond donors (Lipinski definition) is 2. The molecule has 0 saturated heterocycles. The molecular weight excluding hydrogens is 396 g/mol. The van der Waals surface area contributed by atoms with Crippen molar-refractivity contribution in [1.29, 1.82) is 0 Å². The Labute approximate surface area is 185 Å². The van der Waals surface area contributed by atoms with Gasteiger partial charge in [0, 0.05) is 11.1 Å². The largest absolute Gasteiger partial charge is 0.289 e. The van der Waals surface area contributed by atoms with Gasteiger partial charge in [-0.3, -0.25) is 9.89 Å². The molecular formula is C27H20N4O. The minimum Gasteiger partial charge on any atom is -0.272 e. The van der Waals surface area contributed by atoms with Gasteiger partial charge >= 0.3 is 0 Å². The number of benzene rings is 4. The lowest BCUT2D eigenvalue weighted by Crippen LogP contribution is -2.18. The number of rotatable bonds is 5. The molecule has 0 radical (unpaired) electrons. The Morgan fingerprint density at radius 3 is 2.31 bits per heavy atom. The lowest BCUT2D eigenvalue weighted by Gasteiger charge is -2.02. The summed E-state index contributed by atoms with van der Waals surface area (Å²) in [5, 5.41) is 13.4. The van der Waals surface area contributed by atoms with E-state index >= 15 is 0 Å². The molecule has 1 heterocycles. The molecule has 0 spiro atoms.